The standard InChI is InChI=1S/C28H46O3/c1-5-6-8-21(14-16-29)19(2)25-12-13-26-22(9-7-15-28(25,26)4)10-11-23-17-24(30)18-27(31)20(23)3/h10-11,19,21,24-27,29-31H,3,5-9,12-18H2,1-2,4H3/b22-10+,23-11-/t19-,21-,24+,25+,26-,27-,28+/m0/s1. The van der Waals surface area contributed by atoms with E-state index in [4.69, 9.17) is 0 Å². The Labute approximate surface area is 190 Å². The first kappa shape index (κ1) is 24.7. The van der Waals surface area contributed by atoms with Gasteiger partial charge in [-0.15, -0.1) is 0 Å². The molecule has 0 aliphatic heterocycles. The van der Waals surface area contributed by atoms with Gasteiger partial charge in [0.15, 0.2) is 0 Å². The van der Waals surface area contributed by atoms with Gasteiger partial charge in [-0.1, -0.05) is 64.3 Å². The van der Waals surface area contributed by atoms with Crippen molar-refractivity contribution in [1.29, 1.82) is 0 Å². The van der Waals surface area contributed by atoms with Crippen molar-refractivity contribution in [2.45, 2.75) is 104 Å². The summed E-state index contributed by atoms with van der Waals surface area (Å²) in [6.45, 7) is 11.6. The fourth-order valence-electron chi connectivity index (χ4n) is 7.24. The highest BCUT2D eigenvalue weighted by Gasteiger charge is 2.51. The van der Waals surface area contributed by atoms with E-state index in [9.17, 15) is 15.3 Å². The maximum Gasteiger partial charge on any atom is 0.0811 e. The Morgan fingerprint density at radius 1 is 1.19 bits per heavy atom. The highest BCUT2D eigenvalue weighted by molar-refractivity contribution is 5.38. The zero-order valence-electron chi connectivity index (χ0n) is 20.2. The Morgan fingerprint density at radius 2 is 1.97 bits per heavy atom. The number of hydrogen-bond acceptors (Lipinski definition) is 3. The van der Waals surface area contributed by atoms with E-state index in [2.05, 4.69) is 39.5 Å². The van der Waals surface area contributed by atoms with Gasteiger partial charge >= 0.3 is 0 Å². The molecule has 0 unspecified atom stereocenters. The predicted octanol–water partition coefficient (Wildman–Crippen LogP) is 5.95. The van der Waals surface area contributed by atoms with E-state index < -0.39 is 12.2 Å². The maximum atomic E-state index is 10.2. The average Bonchev–Trinajstić information content (AvgIpc) is 3.09. The Hall–Kier alpha value is -0.900. The third kappa shape index (κ3) is 5.37. The van der Waals surface area contributed by atoms with Crippen LogP contribution in [0.3, 0.4) is 0 Å². The molecule has 0 amide bonds. The predicted molar refractivity (Wildman–Crippen MR) is 129 cm³/mol. The Bertz CT molecular complexity index is 678. The lowest BCUT2D eigenvalue weighted by molar-refractivity contribution is 0.0615. The molecule has 0 aromatic heterocycles. The average molecular weight is 431 g/mol. The van der Waals surface area contributed by atoms with Crippen LogP contribution in [0.25, 0.3) is 0 Å². The van der Waals surface area contributed by atoms with Crippen molar-refractivity contribution in [2.75, 3.05) is 6.61 Å². The van der Waals surface area contributed by atoms with Crippen molar-refractivity contribution in [1.82, 2.24) is 0 Å². The fourth-order valence-corrected chi connectivity index (χ4v) is 7.24. The van der Waals surface area contributed by atoms with E-state index in [1.54, 1.807) is 5.57 Å². The molecule has 3 N–H and O–H groups in total. The molecule has 3 nitrogen and oxygen atoms in total. The molecule has 0 saturated heterocycles. The van der Waals surface area contributed by atoms with Crippen LogP contribution in [0.4, 0.5) is 0 Å². The lowest BCUT2D eigenvalue weighted by atomic mass is 9.59. The summed E-state index contributed by atoms with van der Waals surface area (Å²) in [6, 6.07) is 0. The highest BCUT2D eigenvalue weighted by atomic mass is 16.3. The SMILES string of the molecule is C=C1/C(=C\C=C2/CCC[C@]3(C)[C@@H]([C@@H](C)[C@H](CCO)CCCC)CC[C@@H]23)C[C@@H](O)C[C@@H]1O. The minimum absolute atomic E-state index is 0.311. The van der Waals surface area contributed by atoms with E-state index in [1.165, 1.54) is 51.4 Å². The third-order valence-electron chi connectivity index (χ3n) is 9.11. The summed E-state index contributed by atoms with van der Waals surface area (Å²) < 4.78 is 0. The number of allylic oxidation sites excluding steroid dienone is 3. The molecule has 176 valence electrons. The van der Waals surface area contributed by atoms with Gasteiger partial charge < -0.3 is 15.3 Å². The van der Waals surface area contributed by atoms with Crippen LogP contribution in [0.15, 0.2) is 35.5 Å². The van der Waals surface area contributed by atoms with E-state index in [1.807, 2.05) is 0 Å². The van der Waals surface area contributed by atoms with Crippen molar-refractivity contribution in [3.8, 4) is 0 Å². The second kappa shape index (κ2) is 10.8. The summed E-state index contributed by atoms with van der Waals surface area (Å²) in [5.41, 5.74) is 3.70. The normalized spacial score (nSPS) is 38.5. The van der Waals surface area contributed by atoms with Gasteiger partial charge in [-0.05, 0) is 85.2 Å². The topological polar surface area (TPSA) is 60.7 Å². The van der Waals surface area contributed by atoms with Crippen LogP contribution in [-0.4, -0.2) is 34.1 Å². The fraction of sp³-hybridized carbons (Fsp3) is 0.786. The van der Waals surface area contributed by atoms with Crippen molar-refractivity contribution in [2.24, 2.45) is 29.1 Å². The molecule has 0 heterocycles. The monoisotopic (exact) mass is 430 g/mol. The lowest BCUT2D eigenvalue weighted by Gasteiger charge is -2.46. The molecular weight excluding hydrogens is 384 g/mol. The minimum Gasteiger partial charge on any atom is -0.396 e. The number of aliphatic hydroxyl groups is 3. The quantitative estimate of drug-likeness (QED) is 0.446. The van der Waals surface area contributed by atoms with Crippen LogP contribution < -0.4 is 0 Å². The van der Waals surface area contributed by atoms with Gasteiger partial charge in [0.2, 0.25) is 0 Å². The molecule has 3 aliphatic carbocycles. The largest absolute Gasteiger partial charge is 0.396 e. The molecule has 3 saturated carbocycles. The molecular formula is C28H46O3. The van der Waals surface area contributed by atoms with Gasteiger partial charge in [-0.3, -0.25) is 0 Å². The Morgan fingerprint density at radius 3 is 2.68 bits per heavy atom. The molecule has 3 fully saturated rings. The molecule has 7 atom stereocenters. The van der Waals surface area contributed by atoms with Gasteiger partial charge in [0.25, 0.3) is 0 Å². The van der Waals surface area contributed by atoms with Crippen LogP contribution in [0, 0.1) is 29.1 Å². The number of unbranched alkanes of at least 4 members (excludes halogenated alkanes) is 1. The second-order valence-electron chi connectivity index (χ2n) is 10.9. The summed E-state index contributed by atoms with van der Waals surface area (Å²) >= 11 is 0. The number of hydrogen-bond donors (Lipinski definition) is 3. The van der Waals surface area contributed by atoms with Crippen molar-refractivity contribution in [3.05, 3.63) is 35.5 Å². The van der Waals surface area contributed by atoms with Crippen molar-refractivity contribution >= 4 is 0 Å². The number of aliphatic hydroxyl groups excluding tert-OH is 3. The third-order valence-corrected chi connectivity index (χ3v) is 9.11. The first-order valence-electron chi connectivity index (χ1n) is 12.9. The van der Waals surface area contributed by atoms with Crippen LogP contribution in [0.1, 0.15) is 91.4 Å². The second-order valence-corrected chi connectivity index (χ2v) is 10.9. The van der Waals surface area contributed by atoms with Crippen LogP contribution in [0.2, 0.25) is 0 Å². The van der Waals surface area contributed by atoms with Crippen molar-refractivity contribution < 1.29 is 15.3 Å². The number of rotatable bonds is 8. The molecule has 3 rings (SSSR count). The Kier molecular flexibility index (Phi) is 8.63. The minimum atomic E-state index is -0.617. The van der Waals surface area contributed by atoms with E-state index in [0.717, 1.165) is 23.5 Å². The Balaban J connectivity index is 1.78. The molecule has 3 heteroatoms. The molecule has 0 radical (unpaired) electrons. The summed E-state index contributed by atoms with van der Waals surface area (Å²) in [5, 5.41) is 29.9. The first-order chi connectivity index (χ1) is 14.8. The smallest absolute Gasteiger partial charge is 0.0811 e. The molecule has 31 heavy (non-hydrogen) atoms. The molecule has 0 aromatic rings. The maximum absolute atomic E-state index is 10.2. The van der Waals surface area contributed by atoms with Gasteiger partial charge in [0.1, 0.15) is 0 Å². The van der Waals surface area contributed by atoms with Crippen LogP contribution in [-0.2, 0) is 0 Å². The van der Waals surface area contributed by atoms with Gasteiger partial charge in [-0.25, -0.2) is 0 Å². The zero-order chi connectivity index (χ0) is 22.6. The molecule has 0 spiro atoms. The molecule has 0 aromatic carbocycles. The summed E-state index contributed by atoms with van der Waals surface area (Å²) in [4.78, 5) is 0. The summed E-state index contributed by atoms with van der Waals surface area (Å²) in [5.74, 6) is 2.67. The summed E-state index contributed by atoms with van der Waals surface area (Å²) in [6.07, 6.45) is 15.3. The molecule has 3 aliphatic rings. The van der Waals surface area contributed by atoms with Crippen LogP contribution in [0.5, 0.6) is 0 Å². The van der Waals surface area contributed by atoms with Crippen molar-refractivity contribution in [3.63, 3.8) is 0 Å². The molecule has 0 bridgehead atoms. The summed E-state index contributed by atoms with van der Waals surface area (Å²) in [7, 11) is 0. The zero-order valence-corrected chi connectivity index (χ0v) is 20.2. The van der Waals surface area contributed by atoms with Gasteiger partial charge in [0, 0.05) is 13.0 Å². The highest BCUT2D eigenvalue weighted by Crippen LogP contribution is 2.60. The van der Waals surface area contributed by atoms with Crippen LogP contribution >= 0.6 is 0 Å². The van der Waals surface area contributed by atoms with Gasteiger partial charge in [0.05, 0.1) is 12.2 Å². The first-order valence-corrected chi connectivity index (χ1v) is 12.9. The van der Waals surface area contributed by atoms with Gasteiger partial charge in [-0.2, -0.15) is 0 Å². The van der Waals surface area contributed by atoms with E-state index >= 15 is 0 Å². The van der Waals surface area contributed by atoms with E-state index in [0.29, 0.717) is 42.6 Å². The number of fused-ring (bicyclic) bond motifs is 1. The lowest BCUT2D eigenvalue weighted by Crippen LogP contribution is -2.38. The van der Waals surface area contributed by atoms with E-state index in [-0.39, 0.29) is 0 Å².